The standard InChI is InChI=1S/C32H22S/c1-3-25-30(4-2)33-32(31(25)21-11-6-5-7-12-21)28-16-10-15-26-27(28)18-17-24-19-22-13-8-9-14-23(22)20-29(24)26/h3-20H,1-2H2. The molecule has 1 heterocycles. The first-order valence-corrected chi connectivity index (χ1v) is 11.9. The smallest absolute Gasteiger partial charge is 0.0440 e. The molecule has 0 fully saturated rings. The van der Waals surface area contributed by atoms with E-state index in [4.69, 9.17) is 0 Å². The molecule has 0 aliphatic rings. The maximum Gasteiger partial charge on any atom is 0.0440 e. The molecule has 0 unspecified atom stereocenters. The Morgan fingerprint density at radius 1 is 0.576 bits per heavy atom. The molecule has 0 saturated carbocycles. The van der Waals surface area contributed by atoms with Gasteiger partial charge in [-0.3, -0.25) is 0 Å². The van der Waals surface area contributed by atoms with Gasteiger partial charge in [-0.15, -0.1) is 11.3 Å². The van der Waals surface area contributed by atoms with Crippen LogP contribution in [-0.4, -0.2) is 0 Å². The van der Waals surface area contributed by atoms with Gasteiger partial charge < -0.3 is 0 Å². The largest absolute Gasteiger partial charge is 0.135 e. The summed E-state index contributed by atoms with van der Waals surface area (Å²) in [5, 5.41) is 7.65. The predicted octanol–water partition coefficient (Wildman–Crippen LogP) is 9.83. The van der Waals surface area contributed by atoms with Crippen molar-refractivity contribution in [2.75, 3.05) is 0 Å². The van der Waals surface area contributed by atoms with Gasteiger partial charge in [0.2, 0.25) is 0 Å². The summed E-state index contributed by atoms with van der Waals surface area (Å²) in [6, 6.07) is 35.0. The highest BCUT2D eigenvalue weighted by Gasteiger charge is 2.19. The molecule has 0 aliphatic heterocycles. The van der Waals surface area contributed by atoms with Gasteiger partial charge in [0.05, 0.1) is 0 Å². The van der Waals surface area contributed by atoms with Gasteiger partial charge in [-0.2, -0.15) is 0 Å². The number of hydrogen-bond donors (Lipinski definition) is 0. The molecule has 6 rings (SSSR count). The molecular weight excluding hydrogens is 416 g/mol. The maximum atomic E-state index is 4.12. The first-order valence-electron chi connectivity index (χ1n) is 11.1. The lowest BCUT2D eigenvalue weighted by Gasteiger charge is -2.12. The van der Waals surface area contributed by atoms with E-state index in [-0.39, 0.29) is 0 Å². The van der Waals surface area contributed by atoms with E-state index in [1.165, 1.54) is 53.9 Å². The van der Waals surface area contributed by atoms with Gasteiger partial charge in [0.25, 0.3) is 0 Å². The zero-order valence-corrected chi connectivity index (χ0v) is 19.0. The van der Waals surface area contributed by atoms with Gasteiger partial charge in [0, 0.05) is 26.4 Å². The summed E-state index contributed by atoms with van der Waals surface area (Å²) in [7, 11) is 0. The molecule has 0 radical (unpaired) electrons. The number of thiophene rings is 1. The Kier molecular flexibility index (Phi) is 4.71. The van der Waals surface area contributed by atoms with Crippen molar-refractivity contribution in [2.45, 2.75) is 0 Å². The van der Waals surface area contributed by atoms with Crippen LogP contribution in [0.2, 0.25) is 0 Å². The summed E-state index contributed by atoms with van der Waals surface area (Å²) < 4.78 is 0. The van der Waals surface area contributed by atoms with Gasteiger partial charge in [-0.1, -0.05) is 110 Å². The zero-order valence-electron chi connectivity index (χ0n) is 18.2. The SMILES string of the molecule is C=Cc1sc(-c2cccc3c2ccc2cc4ccccc4cc23)c(-c2ccccc2)c1C=C. The molecule has 33 heavy (non-hydrogen) atoms. The van der Waals surface area contributed by atoms with E-state index in [9.17, 15) is 0 Å². The molecule has 0 spiro atoms. The van der Waals surface area contributed by atoms with Gasteiger partial charge in [-0.05, 0) is 50.0 Å². The quantitative estimate of drug-likeness (QED) is 0.190. The van der Waals surface area contributed by atoms with Gasteiger partial charge in [0.15, 0.2) is 0 Å². The molecule has 6 aromatic rings. The Labute approximate surface area is 197 Å². The molecule has 0 atom stereocenters. The highest BCUT2D eigenvalue weighted by Crippen LogP contribution is 2.47. The van der Waals surface area contributed by atoms with Crippen LogP contribution in [0.5, 0.6) is 0 Å². The second-order valence-corrected chi connectivity index (χ2v) is 9.30. The summed E-state index contributed by atoms with van der Waals surface area (Å²) in [4.78, 5) is 2.42. The van der Waals surface area contributed by atoms with Crippen LogP contribution in [0.1, 0.15) is 10.4 Å². The Morgan fingerprint density at radius 3 is 2.09 bits per heavy atom. The highest BCUT2D eigenvalue weighted by atomic mass is 32.1. The minimum Gasteiger partial charge on any atom is -0.135 e. The fraction of sp³-hybridized carbons (Fsp3) is 0. The van der Waals surface area contributed by atoms with Crippen LogP contribution in [0.15, 0.2) is 110 Å². The van der Waals surface area contributed by atoms with Crippen LogP contribution in [0.3, 0.4) is 0 Å². The Bertz CT molecular complexity index is 1680. The van der Waals surface area contributed by atoms with E-state index in [1.54, 1.807) is 11.3 Å². The predicted molar refractivity (Wildman–Crippen MR) is 148 cm³/mol. The van der Waals surface area contributed by atoms with E-state index in [2.05, 4.69) is 110 Å². The van der Waals surface area contributed by atoms with Crippen LogP contribution in [0.4, 0.5) is 0 Å². The molecule has 1 aromatic heterocycles. The first-order chi connectivity index (χ1) is 16.3. The summed E-state index contributed by atoms with van der Waals surface area (Å²) in [5.74, 6) is 0. The lowest BCUT2D eigenvalue weighted by molar-refractivity contribution is 1.65. The van der Waals surface area contributed by atoms with E-state index in [0.717, 1.165) is 10.4 Å². The second kappa shape index (κ2) is 7.88. The normalized spacial score (nSPS) is 11.3. The Balaban J connectivity index is 1.69. The summed E-state index contributed by atoms with van der Waals surface area (Å²) >= 11 is 1.79. The number of rotatable bonds is 4. The van der Waals surface area contributed by atoms with Crippen molar-refractivity contribution in [1.82, 2.24) is 0 Å². The van der Waals surface area contributed by atoms with Crippen LogP contribution >= 0.6 is 11.3 Å². The third-order valence-electron chi connectivity index (χ3n) is 6.41. The van der Waals surface area contributed by atoms with E-state index < -0.39 is 0 Å². The molecule has 0 N–H and O–H groups in total. The Hall–Kier alpha value is -3.94. The van der Waals surface area contributed by atoms with Crippen LogP contribution < -0.4 is 0 Å². The van der Waals surface area contributed by atoms with Crippen molar-refractivity contribution >= 4 is 55.8 Å². The minimum atomic E-state index is 1.15. The van der Waals surface area contributed by atoms with Crippen molar-refractivity contribution < 1.29 is 0 Å². The summed E-state index contributed by atoms with van der Waals surface area (Å²) in [6.07, 6.45) is 3.91. The summed E-state index contributed by atoms with van der Waals surface area (Å²) in [5.41, 5.74) is 4.84. The number of hydrogen-bond acceptors (Lipinski definition) is 1. The molecule has 0 bridgehead atoms. The molecule has 0 saturated heterocycles. The van der Waals surface area contributed by atoms with Crippen molar-refractivity contribution in [3.63, 3.8) is 0 Å². The van der Waals surface area contributed by atoms with Crippen molar-refractivity contribution in [2.24, 2.45) is 0 Å². The van der Waals surface area contributed by atoms with Crippen LogP contribution in [0, 0.1) is 0 Å². The van der Waals surface area contributed by atoms with E-state index in [1.807, 2.05) is 12.2 Å². The van der Waals surface area contributed by atoms with Crippen LogP contribution in [-0.2, 0) is 0 Å². The highest BCUT2D eigenvalue weighted by molar-refractivity contribution is 7.17. The van der Waals surface area contributed by atoms with Gasteiger partial charge >= 0.3 is 0 Å². The average Bonchev–Trinajstić information content (AvgIpc) is 3.26. The number of fused-ring (bicyclic) bond motifs is 4. The lowest BCUT2D eigenvalue weighted by atomic mass is 9.92. The summed E-state index contributed by atoms with van der Waals surface area (Å²) in [6.45, 7) is 8.20. The maximum absolute atomic E-state index is 4.12. The average molecular weight is 439 g/mol. The molecule has 0 amide bonds. The minimum absolute atomic E-state index is 1.15. The van der Waals surface area contributed by atoms with Crippen molar-refractivity contribution in [1.29, 1.82) is 0 Å². The third-order valence-corrected chi connectivity index (χ3v) is 7.65. The second-order valence-electron chi connectivity index (χ2n) is 8.25. The third kappa shape index (κ3) is 3.13. The van der Waals surface area contributed by atoms with Crippen LogP contribution in [0.25, 0.3) is 66.0 Å². The van der Waals surface area contributed by atoms with Gasteiger partial charge in [-0.25, -0.2) is 0 Å². The Morgan fingerprint density at radius 2 is 1.33 bits per heavy atom. The van der Waals surface area contributed by atoms with Crippen molar-refractivity contribution in [3.8, 4) is 21.6 Å². The molecule has 0 aliphatic carbocycles. The molecule has 1 heteroatoms. The lowest BCUT2D eigenvalue weighted by Crippen LogP contribution is -1.86. The topological polar surface area (TPSA) is 0 Å². The zero-order chi connectivity index (χ0) is 22.4. The molecular formula is C32H22S. The molecule has 5 aromatic carbocycles. The fourth-order valence-corrected chi connectivity index (χ4v) is 6.09. The number of benzene rings is 5. The monoisotopic (exact) mass is 438 g/mol. The van der Waals surface area contributed by atoms with Crippen molar-refractivity contribution in [3.05, 3.63) is 121 Å². The molecule has 0 nitrogen and oxygen atoms in total. The first kappa shape index (κ1) is 19.7. The van der Waals surface area contributed by atoms with E-state index in [0.29, 0.717) is 0 Å². The molecule has 156 valence electrons. The van der Waals surface area contributed by atoms with E-state index >= 15 is 0 Å². The fourth-order valence-electron chi connectivity index (χ4n) is 4.88. The van der Waals surface area contributed by atoms with Gasteiger partial charge in [0.1, 0.15) is 0 Å².